The van der Waals surface area contributed by atoms with E-state index in [1.807, 2.05) is 0 Å². The molecule has 2 atom stereocenters. The molecule has 0 aromatic carbocycles. The minimum Gasteiger partial charge on any atom is -0.308 e. The van der Waals surface area contributed by atoms with Crippen LogP contribution in [0.3, 0.4) is 0 Å². The van der Waals surface area contributed by atoms with Gasteiger partial charge in [0, 0.05) is 12.1 Å². The van der Waals surface area contributed by atoms with Crippen molar-refractivity contribution in [3.05, 3.63) is 0 Å². The first-order chi connectivity index (χ1) is 2.97. The molecule has 0 aromatic heterocycles. The topological polar surface area (TPSA) is 21.9 Å². The zero-order valence-electron chi connectivity index (χ0n) is 3.78. The highest BCUT2D eigenvalue weighted by Crippen LogP contribution is 2.29. The van der Waals surface area contributed by atoms with Gasteiger partial charge in [-0.15, -0.1) is 0 Å². The zero-order chi connectivity index (χ0) is 3.98. The van der Waals surface area contributed by atoms with Crippen molar-refractivity contribution in [1.29, 1.82) is 0 Å². The van der Waals surface area contributed by atoms with Crippen molar-refractivity contribution in [3.8, 4) is 0 Å². The summed E-state index contributed by atoms with van der Waals surface area (Å²) in [6, 6.07) is 1.93. The Kier molecular flexibility index (Phi) is 0.396. The first kappa shape index (κ1) is 3.03. The second-order valence-corrected chi connectivity index (χ2v) is 2.31. The molecule has 1 saturated carbocycles. The van der Waals surface area contributed by atoms with Gasteiger partial charge in [-0.2, -0.15) is 0 Å². The van der Waals surface area contributed by atoms with Gasteiger partial charge in [0.1, 0.15) is 0 Å². The normalized spacial score (nSPS) is 52.0. The summed E-state index contributed by atoms with van der Waals surface area (Å²) in [5.41, 5.74) is 0. The standard InChI is InChI=1S/C5H9N/c1-2-4-5(3-1)6-4/h4-6H,1-3H2/t4-,5+. The van der Waals surface area contributed by atoms with E-state index < -0.39 is 0 Å². The Labute approximate surface area is 37.7 Å². The molecule has 0 radical (unpaired) electrons. The second kappa shape index (κ2) is 0.784. The van der Waals surface area contributed by atoms with Gasteiger partial charge in [-0.1, -0.05) is 6.42 Å². The SMILES string of the molecule is C1C[C@@H]2N[C@@H]2C1. The van der Waals surface area contributed by atoms with E-state index in [4.69, 9.17) is 0 Å². The lowest BCUT2D eigenvalue weighted by atomic mass is 10.3. The summed E-state index contributed by atoms with van der Waals surface area (Å²) in [5, 5.41) is 3.37. The fraction of sp³-hybridized carbons (Fsp3) is 1.00. The van der Waals surface area contributed by atoms with Crippen LogP contribution in [0.5, 0.6) is 0 Å². The summed E-state index contributed by atoms with van der Waals surface area (Å²) in [6.07, 6.45) is 4.37. The highest BCUT2D eigenvalue weighted by Gasteiger charge is 2.39. The van der Waals surface area contributed by atoms with Crippen LogP contribution in [0.15, 0.2) is 0 Å². The molecular formula is C5H9N. The fourth-order valence-electron chi connectivity index (χ4n) is 1.35. The smallest absolute Gasteiger partial charge is 0.0224 e. The van der Waals surface area contributed by atoms with Gasteiger partial charge in [-0.3, -0.25) is 0 Å². The molecular weight excluding hydrogens is 74.1 g/mol. The third-order valence-corrected chi connectivity index (χ3v) is 1.83. The quantitative estimate of drug-likeness (QED) is 0.423. The first-order valence-electron chi connectivity index (χ1n) is 2.73. The first-order valence-corrected chi connectivity index (χ1v) is 2.73. The molecule has 0 bridgehead atoms. The molecule has 1 N–H and O–H groups in total. The molecule has 1 saturated heterocycles. The van der Waals surface area contributed by atoms with E-state index in [1.54, 1.807) is 0 Å². The van der Waals surface area contributed by atoms with Crippen LogP contribution in [0, 0.1) is 0 Å². The van der Waals surface area contributed by atoms with E-state index in [0.29, 0.717) is 0 Å². The van der Waals surface area contributed by atoms with E-state index in [1.165, 1.54) is 19.3 Å². The monoisotopic (exact) mass is 83.1 g/mol. The van der Waals surface area contributed by atoms with E-state index in [0.717, 1.165) is 12.1 Å². The van der Waals surface area contributed by atoms with Gasteiger partial charge in [0.2, 0.25) is 0 Å². The summed E-state index contributed by atoms with van der Waals surface area (Å²) in [6.45, 7) is 0. The third kappa shape index (κ3) is 0.243. The Bertz CT molecular complexity index is 62.3. The minimum absolute atomic E-state index is 0.963. The molecule has 2 aliphatic rings. The van der Waals surface area contributed by atoms with Crippen LogP contribution in [0.2, 0.25) is 0 Å². The van der Waals surface area contributed by atoms with Crippen LogP contribution < -0.4 is 5.32 Å². The maximum absolute atomic E-state index is 3.37. The van der Waals surface area contributed by atoms with Crippen molar-refractivity contribution in [2.24, 2.45) is 0 Å². The van der Waals surface area contributed by atoms with Gasteiger partial charge in [0.15, 0.2) is 0 Å². The lowest BCUT2D eigenvalue weighted by Crippen LogP contribution is -1.88. The van der Waals surface area contributed by atoms with Gasteiger partial charge in [0.05, 0.1) is 0 Å². The van der Waals surface area contributed by atoms with E-state index in [-0.39, 0.29) is 0 Å². The maximum Gasteiger partial charge on any atom is 0.0224 e. The Morgan fingerprint density at radius 1 is 1.17 bits per heavy atom. The molecule has 0 unspecified atom stereocenters. The van der Waals surface area contributed by atoms with Crippen molar-refractivity contribution in [2.75, 3.05) is 0 Å². The second-order valence-electron chi connectivity index (χ2n) is 2.31. The highest BCUT2D eigenvalue weighted by atomic mass is 15.2. The van der Waals surface area contributed by atoms with Gasteiger partial charge < -0.3 is 5.32 Å². The predicted molar refractivity (Wildman–Crippen MR) is 24.6 cm³/mol. The van der Waals surface area contributed by atoms with Crippen LogP contribution in [0.1, 0.15) is 19.3 Å². The Morgan fingerprint density at radius 3 is 2.00 bits per heavy atom. The summed E-state index contributed by atoms with van der Waals surface area (Å²) in [7, 11) is 0. The lowest BCUT2D eigenvalue weighted by molar-refractivity contribution is 0.742. The molecule has 6 heavy (non-hydrogen) atoms. The number of rotatable bonds is 0. The summed E-state index contributed by atoms with van der Waals surface area (Å²) < 4.78 is 0. The number of nitrogens with one attached hydrogen (secondary N) is 1. The van der Waals surface area contributed by atoms with Crippen molar-refractivity contribution in [3.63, 3.8) is 0 Å². The van der Waals surface area contributed by atoms with Gasteiger partial charge in [-0.05, 0) is 12.8 Å². The number of hydrogen-bond acceptors (Lipinski definition) is 1. The Balaban J connectivity index is 2.09. The minimum atomic E-state index is 0.963. The molecule has 1 heterocycles. The van der Waals surface area contributed by atoms with Crippen LogP contribution in [-0.2, 0) is 0 Å². The molecule has 1 heteroatoms. The summed E-state index contributed by atoms with van der Waals surface area (Å²) >= 11 is 0. The van der Waals surface area contributed by atoms with Crippen molar-refractivity contribution in [2.45, 2.75) is 31.3 Å². The van der Waals surface area contributed by atoms with Crippen LogP contribution in [0.25, 0.3) is 0 Å². The third-order valence-electron chi connectivity index (χ3n) is 1.83. The zero-order valence-corrected chi connectivity index (χ0v) is 3.78. The Morgan fingerprint density at radius 2 is 1.83 bits per heavy atom. The average molecular weight is 83.1 g/mol. The van der Waals surface area contributed by atoms with E-state index >= 15 is 0 Å². The largest absolute Gasteiger partial charge is 0.308 e. The van der Waals surface area contributed by atoms with Crippen molar-refractivity contribution in [1.82, 2.24) is 5.32 Å². The van der Waals surface area contributed by atoms with Crippen LogP contribution in [-0.4, -0.2) is 12.1 Å². The molecule has 2 fully saturated rings. The van der Waals surface area contributed by atoms with Gasteiger partial charge in [0.25, 0.3) is 0 Å². The van der Waals surface area contributed by atoms with Crippen LogP contribution >= 0.6 is 0 Å². The van der Waals surface area contributed by atoms with E-state index in [2.05, 4.69) is 5.32 Å². The average Bonchev–Trinajstić information content (AvgIpc) is 2.17. The molecule has 1 nitrogen and oxygen atoms in total. The number of hydrogen-bond donors (Lipinski definition) is 1. The highest BCUT2D eigenvalue weighted by molar-refractivity contribution is 5.02. The summed E-state index contributed by atoms with van der Waals surface area (Å²) in [4.78, 5) is 0. The molecule has 2 rings (SSSR count). The molecule has 0 aromatic rings. The Hall–Kier alpha value is -0.0400. The number of piperidine rings is 1. The van der Waals surface area contributed by atoms with E-state index in [9.17, 15) is 0 Å². The van der Waals surface area contributed by atoms with Gasteiger partial charge >= 0.3 is 0 Å². The maximum atomic E-state index is 3.37. The molecule has 34 valence electrons. The van der Waals surface area contributed by atoms with Crippen molar-refractivity contribution < 1.29 is 0 Å². The molecule has 1 aliphatic heterocycles. The molecule has 0 amide bonds. The fourth-order valence-corrected chi connectivity index (χ4v) is 1.35. The number of fused-ring (bicyclic) bond motifs is 1. The van der Waals surface area contributed by atoms with Crippen molar-refractivity contribution >= 4 is 0 Å². The molecule has 1 aliphatic carbocycles. The lowest BCUT2D eigenvalue weighted by Gasteiger charge is -1.82. The predicted octanol–water partition coefficient (Wildman–Crippen LogP) is 0.511. The molecule has 0 spiro atoms. The van der Waals surface area contributed by atoms with Gasteiger partial charge in [-0.25, -0.2) is 0 Å². The summed E-state index contributed by atoms with van der Waals surface area (Å²) in [5.74, 6) is 0. The van der Waals surface area contributed by atoms with Crippen LogP contribution in [0.4, 0.5) is 0 Å².